The van der Waals surface area contributed by atoms with Gasteiger partial charge in [-0.3, -0.25) is 25.0 Å². The molecule has 1 aromatic heterocycles. The maximum absolute atomic E-state index is 13.4. The molecule has 18 heteroatoms. The van der Waals surface area contributed by atoms with Crippen LogP contribution < -0.4 is 16.8 Å². The molecule has 2 aromatic rings. The van der Waals surface area contributed by atoms with E-state index in [1.54, 1.807) is 0 Å². The molecular formula is C26H26N8O7S3. The van der Waals surface area contributed by atoms with Crippen molar-refractivity contribution in [2.75, 3.05) is 11.5 Å². The first kappa shape index (κ1) is 31.2. The molecule has 4 heterocycles. The molecule has 1 aromatic carbocycles. The van der Waals surface area contributed by atoms with E-state index in [1.807, 2.05) is 30.3 Å². The molecule has 0 radical (unpaired) electrons. The average molecular weight is 659 g/mol. The molecule has 7 N–H and O–H groups in total. The van der Waals surface area contributed by atoms with E-state index < -0.39 is 45.5 Å². The van der Waals surface area contributed by atoms with E-state index >= 15 is 0 Å². The first-order valence-electron chi connectivity index (χ1n) is 13.0. The molecule has 0 aliphatic carbocycles. The van der Waals surface area contributed by atoms with Crippen LogP contribution in [0.1, 0.15) is 24.1 Å². The zero-order valence-corrected chi connectivity index (χ0v) is 25.2. The number of hydrogen-bond acceptors (Lipinski definition) is 14. The number of carboxylic acid groups (broad SMARTS) is 2. The minimum Gasteiger partial charge on any atom is -0.481 e. The minimum atomic E-state index is -1.45. The fraction of sp³-hybridized carbons (Fsp3) is 0.308. The Morgan fingerprint density at radius 2 is 1.95 bits per heavy atom. The van der Waals surface area contributed by atoms with Gasteiger partial charge in [0.05, 0.1) is 0 Å². The number of fused-ring (bicyclic) bond motifs is 1. The van der Waals surface area contributed by atoms with Crippen LogP contribution in [0.5, 0.6) is 0 Å². The average Bonchev–Trinajstić information content (AvgIpc) is 3.63. The van der Waals surface area contributed by atoms with Gasteiger partial charge in [0, 0.05) is 35.2 Å². The number of thioether (sulfide) groups is 2. The Labute approximate surface area is 262 Å². The van der Waals surface area contributed by atoms with E-state index in [0.29, 0.717) is 5.57 Å². The van der Waals surface area contributed by atoms with Gasteiger partial charge in [0.15, 0.2) is 10.8 Å². The maximum atomic E-state index is 13.4. The van der Waals surface area contributed by atoms with E-state index in [1.165, 1.54) is 29.6 Å². The van der Waals surface area contributed by atoms with Crippen LogP contribution in [0.2, 0.25) is 0 Å². The first-order chi connectivity index (χ1) is 21.1. The number of rotatable bonds is 13. The van der Waals surface area contributed by atoms with Crippen molar-refractivity contribution < 1.29 is 34.2 Å². The summed E-state index contributed by atoms with van der Waals surface area (Å²) in [6.07, 6.45) is 2.56. The van der Waals surface area contributed by atoms with Crippen molar-refractivity contribution in [3.63, 3.8) is 0 Å². The summed E-state index contributed by atoms with van der Waals surface area (Å²) in [6.45, 7) is 0.0726. The molecule has 5 rings (SSSR count). The number of anilines is 1. The fourth-order valence-corrected chi connectivity index (χ4v) is 7.90. The number of β-lactam (4-membered cyclic amide) rings is 1. The number of aliphatic imine (C=N–C) groups is 2. The number of nitrogen functional groups attached to an aromatic ring is 1. The summed E-state index contributed by atoms with van der Waals surface area (Å²) in [6, 6.07) is 8.08. The number of amides is 2. The molecule has 0 saturated carbocycles. The number of carbonyl (C=O) groups is 4. The number of aromatic nitrogens is 1. The predicted octanol–water partition coefficient (Wildman–Crippen LogP) is 1.08. The molecule has 3 aliphatic rings. The van der Waals surface area contributed by atoms with Crippen LogP contribution in [-0.2, 0) is 30.6 Å². The van der Waals surface area contributed by atoms with Gasteiger partial charge in [-0.05, 0) is 17.6 Å². The van der Waals surface area contributed by atoms with Gasteiger partial charge < -0.3 is 26.1 Å². The third-order valence-electron chi connectivity index (χ3n) is 6.61. The molecule has 44 heavy (non-hydrogen) atoms. The van der Waals surface area contributed by atoms with Gasteiger partial charge in [-0.25, -0.2) is 19.8 Å². The highest BCUT2D eigenvalue weighted by Crippen LogP contribution is 2.45. The van der Waals surface area contributed by atoms with Crippen molar-refractivity contribution in [2.24, 2.45) is 20.9 Å². The molecule has 3 atom stereocenters. The lowest BCUT2D eigenvalue weighted by atomic mass is 9.99. The van der Waals surface area contributed by atoms with Crippen LogP contribution in [-0.4, -0.2) is 89.5 Å². The molecule has 230 valence electrons. The zero-order chi connectivity index (χ0) is 31.4. The van der Waals surface area contributed by atoms with E-state index in [0.717, 1.165) is 33.6 Å². The summed E-state index contributed by atoms with van der Waals surface area (Å²) < 4.78 is 0. The fourth-order valence-electron chi connectivity index (χ4n) is 4.59. The van der Waals surface area contributed by atoms with Gasteiger partial charge in [0.25, 0.3) is 16.9 Å². The van der Waals surface area contributed by atoms with Crippen molar-refractivity contribution in [3.05, 3.63) is 58.2 Å². The van der Waals surface area contributed by atoms with Crippen LogP contribution in [0, 0.1) is 0 Å². The van der Waals surface area contributed by atoms with Crippen molar-refractivity contribution in [1.29, 1.82) is 0 Å². The standard InChI is InChI=1S/C26H26N8O7S3/c27-25-31-15(12-43-25)18(33-41-10-13-4-2-1-3-5-13)21(37)32-19-22(38)34-20(24(39)40)14(11-42-23(19)34)16(6-7-17(35)36)44-26(28)29-8-9-30-26/h1-5,8-9,12,16,19,23H,6-7,10-11,28H2,(H2,27,31)(H,32,37)(H,35,36)(H,39,40)/b33-18-/t16?,19-,23-/m0/s1. The van der Waals surface area contributed by atoms with Crippen LogP contribution >= 0.6 is 34.9 Å². The summed E-state index contributed by atoms with van der Waals surface area (Å²) in [4.78, 5) is 69.4. The van der Waals surface area contributed by atoms with Crippen molar-refractivity contribution >= 4 is 81.9 Å². The number of benzene rings is 1. The van der Waals surface area contributed by atoms with Crippen LogP contribution in [0.3, 0.4) is 0 Å². The number of thiazole rings is 1. The number of nitrogens with zero attached hydrogens (tertiary/aromatic N) is 5. The van der Waals surface area contributed by atoms with Gasteiger partial charge >= 0.3 is 11.9 Å². The molecule has 3 aliphatic heterocycles. The van der Waals surface area contributed by atoms with Gasteiger partial charge in [0.2, 0.25) is 0 Å². The number of carbonyl (C=O) groups excluding carboxylic acids is 2. The number of nitrogens with two attached hydrogens (primary N) is 2. The lowest BCUT2D eigenvalue weighted by Crippen LogP contribution is -2.71. The number of carboxylic acids is 2. The molecule has 1 fully saturated rings. The first-order valence-corrected chi connectivity index (χ1v) is 15.8. The monoisotopic (exact) mass is 658 g/mol. The zero-order valence-electron chi connectivity index (χ0n) is 22.7. The van der Waals surface area contributed by atoms with Gasteiger partial charge in [-0.15, -0.1) is 23.1 Å². The topological polar surface area (TPSA) is 235 Å². The van der Waals surface area contributed by atoms with E-state index in [4.69, 9.17) is 16.3 Å². The normalized spacial score (nSPS) is 21.1. The lowest BCUT2D eigenvalue weighted by Gasteiger charge is -2.50. The van der Waals surface area contributed by atoms with Crippen molar-refractivity contribution in [2.45, 2.75) is 41.2 Å². The number of aliphatic carboxylic acids is 2. The maximum Gasteiger partial charge on any atom is 0.352 e. The second kappa shape index (κ2) is 13.2. The predicted molar refractivity (Wildman–Crippen MR) is 166 cm³/mol. The smallest absolute Gasteiger partial charge is 0.352 e. The number of nitrogens with one attached hydrogen (secondary N) is 1. The van der Waals surface area contributed by atoms with Crippen molar-refractivity contribution in [1.82, 2.24) is 15.2 Å². The second-order valence-electron chi connectivity index (χ2n) is 9.56. The third-order valence-corrected chi connectivity index (χ3v) is 9.95. The molecule has 0 spiro atoms. The van der Waals surface area contributed by atoms with Crippen LogP contribution in [0.4, 0.5) is 5.13 Å². The summed E-state index contributed by atoms with van der Waals surface area (Å²) in [7, 11) is 0. The Morgan fingerprint density at radius 1 is 1.23 bits per heavy atom. The molecule has 0 bridgehead atoms. The summed E-state index contributed by atoms with van der Waals surface area (Å²) in [5.74, 6) is -3.73. The van der Waals surface area contributed by atoms with E-state index in [2.05, 4.69) is 25.4 Å². The Morgan fingerprint density at radius 3 is 2.59 bits per heavy atom. The SMILES string of the molecule is Nc1nc(/C(=N/OCc2ccccc2)C(=O)N[C@H]2C(=O)N3C(C(=O)O)=C(C(CCC(=O)O)SC4(N)N=CC=N4)CS[C@@H]23)cs1. The van der Waals surface area contributed by atoms with Crippen molar-refractivity contribution in [3.8, 4) is 0 Å². The third kappa shape index (κ3) is 6.77. The molecule has 1 unspecified atom stereocenters. The number of oxime groups is 1. The van der Waals surface area contributed by atoms with E-state index in [9.17, 15) is 29.4 Å². The van der Waals surface area contributed by atoms with Crippen LogP contribution in [0.25, 0.3) is 0 Å². The number of hydrogen-bond donors (Lipinski definition) is 5. The van der Waals surface area contributed by atoms with E-state index in [-0.39, 0.29) is 47.4 Å². The minimum absolute atomic E-state index is 0.0309. The Balaban J connectivity index is 1.36. The molecular weight excluding hydrogens is 633 g/mol. The summed E-state index contributed by atoms with van der Waals surface area (Å²) in [5, 5.41) is 24.9. The Hall–Kier alpha value is -4.26. The van der Waals surface area contributed by atoms with Crippen LogP contribution in [0.15, 0.2) is 62.1 Å². The second-order valence-corrected chi connectivity index (χ2v) is 13.0. The quantitative estimate of drug-likeness (QED) is 0.0880. The van der Waals surface area contributed by atoms with Gasteiger partial charge in [-0.2, -0.15) is 0 Å². The summed E-state index contributed by atoms with van der Waals surface area (Å²) in [5.41, 5.74) is 12.8. The highest BCUT2D eigenvalue weighted by Gasteiger charge is 2.55. The summed E-state index contributed by atoms with van der Waals surface area (Å²) >= 11 is 3.33. The van der Waals surface area contributed by atoms with Gasteiger partial charge in [-0.1, -0.05) is 47.2 Å². The highest BCUT2D eigenvalue weighted by atomic mass is 32.2. The molecule has 15 nitrogen and oxygen atoms in total. The Bertz CT molecular complexity index is 1580. The Kier molecular flexibility index (Phi) is 9.33. The molecule has 1 saturated heterocycles. The molecule has 2 amide bonds. The lowest BCUT2D eigenvalue weighted by molar-refractivity contribution is -0.150. The largest absolute Gasteiger partial charge is 0.481 e. The highest BCUT2D eigenvalue weighted by molar-refractivity contribution is 8.02. The van der Waals surface area contributed by atoms with Gasteiger partial charge in [0.1, 0.15) is 29.4 Å².